The van der Waals surface area contributed by atoms with Crippen LogP contribution in [0.4, 0.5) is 5.69 Å². The first kappa shape index (κ1) is 21.5. The number of amides is 1. The monoisotopic (exact) mass is 500 g/mol. The summed E-state index contributed by atoms with van der Waals surface area (Å²) >= 11 is 3.45. The normalized spacial score (nSPS) is 13.9. The van der Waals surface area contributed by atoms with Crippen LogP contribution in [0.15, 0.2) is 82.2 Å². The van der Waals surface area contributed by atoms with E-state index >= 15 is 0 Å². The second-order valence-corrected chi connectivity index (χ2v) is 9.80. The van der Waals surface area contributed by atoms with Gasteiger partial charge in [0.1, 0.15) is 6.54 Å². The van der Waals surface area contributed by atoms with Crippen molar-refractivity contribution in [1.29, 1.82) is 0 Å². The molecule has 4 rings (SSSR count). The van der Waals surface area contributed by atoms with Gasteiger partial charge in [-0.1, -0.05) is 64.5 Å². The third-order valence-electron chi connectivity index (χ3n) is 4.94. The van der Waals surface area contributed by atoms with E-state index in [1.165, 1.54) is 0 Å². The molecule has 31 heavy (non-hydrogen) atoms. The molecule has 0 spiro atoms. The number of nitrogens with zero attached hydrogens (tertiary/aromatic N) is 1. The number of sulfonamides is 1. The van der Waals surface area contributed by atoms with Crippen LogP contribution in [0.1, 0.15) is 5.56 Å². The Bertz CT molecular complexity index is 1200. The summed E-state index contributed by atoms with van der Waals surface area (Å²) in [6.45, 7) is 0.781. The Kier molecular flexibility index (Phi) is 6.41. The van der Waals surface area contributed by atoms with Gasteiger partial charge in [-0.15, -0.1) is 0 Å². The number of hydrogen-bond donors (Lipinski definition) is 1. The van der Waals surface area contributed by atoms with Crippen LogP contribution < -0.4 is 9.62 Å². The number of carbonyl (C=O) groups is 1. The molecule has 1 aliphatic rings. The minimum absolute atomic E-state index is 0.194. The van der Waals surface area contributed by atoms with Crippen molar-refractivity contribution >= 4 is 37.5 Å². The smallest absolute Gasteiger partial charge is 0.265 e. The minimum atomic E-state index is -3.85. The fourth-order valence-electron chi connectivity index (χ4n) is 3.49. The molecular weight excluding hydrogens is 480 g/mol. The predicted molar refractivity (Wildman–Crippen MR) is 123 cm³/mol. The van der Waals surface area contributed by atoms with Crippen LogP contribution in [0.5, 0.6) is 0 Å². The van der Waals surface area contributed by atoms with Crippen molar-refractivity contribution < 1.29 is 17.9 Å². The van der Waals surface area contributed by atoms with E-state index in [-0.39, 0.29) is 17.3 Å². The summed E-state index contributed by atoms with van der Waals surface area (Å²) in [5.74, 6) is -0.389. The van der Waals surface area contributed by atoms with E-state index in [0.29, 0.717) is 31.0 Å². The highest BCUT2D eigenvalue weighted by molar-refractivity contribution is 9.10. The molecule has 160 valence electrons. The van der Waals surface area contributed by atoms with Crippen molar-refractivity contribution in [3.63, 3.8) is 0 Å². The van der Waals surface area contributed by atoms with Gasteiger partial charge in [0, 0.05) is 22.1 Å². The Hall–Kier alpha value is -2.68. The summed E-state index contributed by atoms with van der Waals surface area (Å²) in [7, 11) is -3.85. The zero-order valence-corrected chi connectivity index (χ0v) is 19.0. The Morgan fingerprint density at radius 3 is 2.52 bits per heavy atom. The van der Waals surface area contributed by atoms with Crippen LogP contribution in [-0.2, 0) is 26.2 Å². The van der Waals surface area contributed by atoms with Gasteiger partial charge in [-0.3, -0.25) is 9.10 Å². The third kappa shape index (κ3) is 4.66. The van der Waals surface area contributed by atoms with Crippen LogP contribution in [0.2, 0.25) is 0 Å². The molecule has 3 aromatic carbocycles. The van der Waals surface area contributed by atoms with Gasteiger partial charge in [0.25, 0.3) is 10.0 Å². The molecule has 1 aliphatic heterocycles. The van der Waals surface area contributed by atoms with Gasteiger partial charge in [-0.25, -0.2) is 8.42 Å². The average Bonchev–Trinajstić information content (AvgIpc) is 2.77. The summed E-state index contributed by atoms with van der Waals surface area (Å²) in [6.07, 6.45) is 0. The van der Waals surface area contributed by atoms with Crippen molar-refractivity contribution in [3.05, 3.63) is 82.8 Å². The molecule has 1 N–H and O–H groups in total. The van der Waals surface area contributed by atoms with Gasteiger partial charge in [0.2, 0.25) is 5.91 Å². The maximum absolute atomic E-state index is 13.2. The lowest BCUT2D eigenvalue weighted by Gasteiger charge is -2.31. The lowest BCUT2D eigenvalue weighted by atomic mass is 10.0. The Morgan fingerprint density at radius 2 is 1.71 bits per heavy atom. The number of hydrogen-bond acceptors (Lipinski definition) is 4. The maximum Gasteiger partial charge on any atom is 0.265 e. The lowest BCUT2D eigenvalue weighted by Crippen LogP contribution is -2.43. The largest absolute Gasteiger partial charge is 0.375 e. The average molecular weight is 501 g/mol. The zero-order valence-electron chi connectivity index (χ0n) is 16.6. The number of anilines is 1. The van der Waals surface area contributed by atoms with Crippen LogP contribution >= 0.6 is 15.9 Å². The summed E-state index contributed by atoms with van der Waals surface area (Å²) in [4.78, 5) is 12.7. The molecule has 0 aliphatic carbocycles. The van der Waals surface area contributed by atoms with E-state index in [9.17, 15) is 13.2 Å². The van der Waals surface area contributed by atoms with Gasteiger partial charge < -0.3 is 10.1 Å². The molecule has 0 bridgehead atoms. The van der Waals surface area contributed by atoms with E-state index in [4.69, 9.17) is 4.74 Å². The number of halogens is 1. The standard InChI is InChI=1S/C23H21BrN2O4S/c24-18-10-11-21-20(14-18)19-8-4-5-9-22(19)31(28,29)26(21)15-23(27)25-12-13-30-16-17-6-2-1-3-7-17/h1-11,14H,12-13,15-16H2,(H,25,27). The molecule has 0 saturated carbocycles. The van der Waals surface area contributed by atoms with Gasteiger partial charge >= 0.3 is 0 Å². The topological polar surface area (TPSA) is 75.7 Å². The predicted octanol–water partition coefficient (Wildman–Crippen LogP) is 3.96. The van der Waals surface area contributed by atoms with Gasteiger partial charge in [-0.2, -0.15) is 0 Å². The molecule has 8 heteroatoms. The van der Waals surface area contributed by atoms with Crippen molar-refractivity contribution in [2.24, 2.45) is 0 Å². The van der Waals surface area contributed by atoms with Gasteiger partial charge in [-0.05, 0) is 29.8 Å². The number of benzene rings is 3. The molecule has 0 saturated heterocycles. The highest BCUT2D eigenvalue weighted by Crippen LogP contribution is 2.43. The molecule has 1 heterocycles. The van der Waals surface area contributed by atoms with Crippen molar-refractivity contribution in [3.8, 4) is 11.1 Å². The van der Waals surface area contributed by atoms with Gasteiger partial charge in [0.15, 0.2) is 0 Å². The summed E-state index contributed by atoms with van der Waals surface area (Å²) in [5, 5.41) is 2.74. The quantitative estimate of drug-likeness (QED) is 0.498. The maximum atomic E-state index is 13.2. The first-order chi connectivity index (χ1) is 15.0. The fourth-order valence-corrected chi connectivity index (χ4v) is 5.50. The van der Waals surface area contributed by atoms with E-state index < -0.39 is 10.0 Å². The van der Waals surface area contributed by atoms with Crippen molar-refractivity contribution in [2.75, 3.05) is 24.0 Å². The second-order valence-electron chi connectivity index (χ2n) is 7.06. The third-order valence-corrected chi connectivity index (χ3v) is 7.25. The molecule has 0 radical (unpaired) electrons. The summed E-state index contributed by atoms with van der Waals surface area (Å²) in [6, 6.07) is 21.9. The zero-order chi connectivity index (χ0) is 21.8. The van der Waals surface area contributed by atoms with E-state index in [2.05, 4.69) is 21.2 Å². The molecular formula is C23H21BrN2O4S. The van der Waals surface area contributed by atoms with Crippen LogP contribution in [-0.4, -0.2) is 34.0 Å². The van der Waals surface area contributed by atoms with Crippen LogP contribution in [0.25, 0.3) is 11.1 Å². The molecule has 3 aromatic rings. The van der Waals surface area contributed by atoms with E-state index in [0.717, 1.165) is 19.9 Å². The highest BCUT2D eigenvalue weighted by Gasteiger charge is 2.35. The van der Waals surface area contributed by atoms with Gasteiger partial charge in [0.05, 0.1) is 23.8 Å². The Morgan fingerprint density at radius 1 is 0.968 bits per heavy atom. The van der Waals surface area contributed by atoms with Crippen molar-refractivity contribution in [2.45, 2.75) is 11.5 Å². The second kappa shape index (κ2) is 9.21. The molecule has 1 amide bonds. The molecule has 0 fully saturated rings. The fraction of sp³-hybridized carbons (Fsp3) is 0.174. The van der Waals surface area contributed by atoms with Crippen LogP contribution in [0.3, 0.4) is 0 Å². The molecule has 0 aromatic heterocycles. The first-order valence-electron chi connectivity index (χ1n) is 9.77. The molecule has 0 atom stereocenters. The van der Waals surface area contributed by atoms with Crippen molar-refractivity contribution in [1.82, 2.24) is 5.32 Å². The lowest BCUT2D eigenvalue weighted by molar-refractivity contribution is -0.119. The SMILES string of the molecule is O=C(CN1c2ccc(Br)cc2-c2ccccc2S1(=O)=O)NCCOCc1ccccc1. The van der Waals surface area contributed by atoms with E-state index in [1.54, 1.807) is 36.4 Å². The first-order valence-corrected chi connectivity index (χ1v) is 12.0. The summed E-state index contributed by atoms with van der Waals surface area (Å²) < 4.78 is 34.0. The number of fused-ring (bicyclic) bond motifs is 3. The Balaban J connectivity index is 1.43. The Labute approximate surface area is 190 Å². The molecule has 6 nitrogen and oxygen atoms in total. The van der Waals surface area contributed by atoms with E-state index in [1.807, 2.05) is 36.4 Å². The summed E-state index contributed by atoms with van der Waals surface area (Å²) in [5.41, 5.74) is 2.93. The minimum Gasteiger partial charge on any atom is -0.375 e. The number of carbonyl (C=O) groups excluding carboxylic acids is 1. The number of nitrogens with one attached hydrogen (secondary N) is 1. The highest BCUT2D eigenvalue weighted by atomic mass is 79.9. The number of rotatable bonds is 7. The van der Waals surface area contributed by atoms with Crippen LogP contribution in [0, 0.1) is 0 Å². The molecule has 0 unspecified atom stereocenters. The number of ether oxygens (including phenoxy) is 1.